The third-order valence-electron chi connectivity index (χ3n) is 1.68. The summed E-state index contributed by atoms with van der Waals surface area (Å²) in [6.45, 7) is 1.24. The van der Waals surface area contributed by atoms with Crippen molar-refractivity contribution in [2.24, 2.45) is 0 Å². The number of aliphatic carboxylic acids is 1. The number of carboxylic acid groups (broad SMARTS) is 1. The van der Waals surface area contributed by atoms with Crippen LogP contribution >= 0.6 is 0 Å². The van der Waals surface area contributed by atoms with E-state index in [9.17, 15) is 19.5 Å². The van der Waals surface area contributed by atoms with Gasteiger partial charge in [0.25, 0.3) is 0 Å². The minimum atomic E-state index is -1.07. The second kappa shape index (κ2) is 6.34. The Morgan fingerprint density at radius 1 is 1.00 bits per heavy atom. The summed E-state index contributed by atoms with van der Waals surface area (Å²) in [5.74, 6) is -1.88. The summed E-state index contributed by atoms with van der Waals surface area (Å²) in [4.78, 5) is 31.2. The highest BCUT2D eigenvalue weighted by atomic mass is 16.4. The highest BCUT2D eigenvalue weighted by molar-refractivity contribution is 6.36. The van der Waals surface area contributed by atoms with Crippen molar-refractivity contribution in [1.82, 2.24) is 0 Å². The first kappa shape index (κ1) is 11.8. The fourth-order valence-corrected chi connectivity index (χ4v) is 0.908. The lowest BCUT2D eigenvalue weighted by Crippen LogP contribution is -2.21. The van der Waals surface area contributed by atoms with E-state index in [-0.39, 0.29) is 18.6 Å². The van der Waals surface area contributed by atoms with Gasteiger partial charge in [-0.15, -0.1) is 0 Å². The number of carbonyl (C=O) groups excluding carboxylic acids is 3. The molecule has 0 rings (SSSR count). The Labute approximate surface area is 76.9 Å². The number of hydrogen-bond acceptors (Lipinski definition) is 4. The van der Waals surface area contributed by atoms with Crippen LogP contribution in [0.5, 0.6) is 0 Å². The molecule has 0 heterocycles. The van der Waals surface area contributed by atoms with Crippen LogP contribution in [-0.2, 0) is 14.4 Å². The molecule has 0 N–H and O–H groups in total. The molecule has 0 aromatic rings. The van der Waals surface area contributed by atoms with Gasteiger partial charge in [-0.3, -0.25) is 9.59 Å². The Bertz CT molecular complexity index is 208. The topological polar surface area (TPSA) is 74.3 Å². The van der Waals surface area contributed by atoms with Crippen molar-refractivity contribution in [3.8, 4) is 0 Å². The van der Waals surface area contributed by atoms with E-state index in [0.717, 1.165) is 0 Å². The van der Waals surface area contributed by atoms with Crippen molar-refractivity contribution < 1.29 is 19.5 Å². The van der Waals surface area contributed by atoms with Crippen molar-refractivity contribution in [2.75, 3.05) is 0 Å². The maximum absolute atomic E-state index is 10.8. The third-order valence-corrected chi connectivity index (χ3v) is 1.68. The van der Waals surface area contributed by atoms with Gasteiger partial charge in [0.05, 0.1) is 0 Å². The Morgan fingerprint density at radius 2 is 1.54 bits per heavy atom. The molecule has 0 saturated carbocycles. The highest BCUT2D eigenvalue weighted by Crippen LogP contribution is 2.03. The van der Waals surface area contributed by atoms with Crippen molar-refractivity contribution >= 4 is 17.5 Å². The van der Waals surface area contributed by atoms with Gasteiger partial charge in [-0.1, -0.05) is 6.42 Å². The molecule has 0 unspecified atom stereocenters. The summed E-state index contributed by atoms with van der Waals surface area (Å²) < 4.78 is 0. The van der Waals surface area contributed by atoms with Crippen molar-refractivity contribution in [1.29, 1.82) is 0 Å². The second-order valence-electron chi connectivity index (χ2n) is 2.91. The van der Waals surface area contributed by atoms with Gasteiger partial charge in [-0.25, -0.2) is 0 Å². The molecule has 0 atom stereocenters. The van der Waals surface area contributed by atoms with E-state index in [0.29, 0.717) is 19.3 Å². The predicted octanol–water partition coefficient (Wildman–Crippen LogP) is -0.155. The molecular formula is C9H13O4-. The quantitative estimate of drug-likeness (QED) is 0.408. The van der Waals surface area contributed by atoms with Crippen LogP contribution in [0.3, 0.4) is 0 Å². The van der Waals surface area contributed by atoms with E-state index in [1.165, 1.54) is 6.92 Å². The number of hydrogen-bond donors (Lipinski definition) is 0. The van der Waals surface area contributed by atoms with Crippen LogP contribution in [-0.4, -0.2) is 17.5 Å². The average molecular weight is 185 g/mol. The summed E-state index contributed by atoms with van der Waals surface area (Å²) in [6, 6.07) is 0. The molecule has 0 aliphatic heterocycles. The molecular weight excluding hydrogens is 172 g/mol. The molecule has 0 radical (unpaired) electrons. The molecule has 0 spiro atoms. The minimum absolute atomic E-state index is 0.0221. The van der Waals surface area contributed by atoms with E-state index in [1.54, 1.807) is 0 Å². The van der Waals surface area contributed by atoms with E-state index < -0.39 is 11.8 Å². The van der Waals surface area contributed by atoms with E-state index in [1.807, 2.05) is 0 Å². The molecule has 0 aliphatic rings. The molecule has 74 valence electrons. The molecule has 0 aromatic carbocycles. The Kier molecular flexibility index (Phi) is 5.76. The zero-order chi connectivity index (χ0) is 10.3. The Hall–Kier alpha value is -1.19. The van der Waals surface area contributed by atoms with Gasteiger partial charge in [-0.2, -0.15) is 0 Å². The first-order valence-electron chi connectivity index (χ1n) is 4.27. The van der Waals surface area contributed by atoms with Crippen molar-refractivity contribution in [3.05, 3.63) is 0 Å². The average Bonchev–Trinajstić information content (AvgIpc) is 2.02. The molecule has 0 amide bonds. The van der Waals surface area contributed by atoms with E-state index >= 15 is 0 Å². The van der Waals surface area contributed by atoms with Crippen molar-refractivity contribution in [3.63, 3.8) is 0 Å². The highest BCUT2D eigenvalue weighted by Gasteiger charge is 2.05. The molecule has 4 nitrogen and oxygen atoms in total. The van der Waals surface area contributed by atoms with Gasteiger partial charge < -0.3 is 9.90 Å². The van der Waals surface area contributed by atoms with E-state index in [4.69, 9.17) is 0 Å². The molecule has 0 aromatic heterocycles. The first-order chi connectivity index (χ1) is 6.04. The van der Waals surface area contributed by atoms with Gasteiger partial charge in [0.15, 0.2) is 11.6 Å². The fraction of sp³-hybridized carbons (Fsp3) is 0.667. The monoisotopic (exact) mass is 185 g/mol. The van der Waals surface area contributed by atoms with Crippen LogP contribution in [0.25, 0.3) is 0 Å². The van der Waals surface area contributed by atoms with Gasteiger partial charge >= 0.3 is 0 Å². The lowest BCUT2D eigenvalue weighted by molar-refractivity contribution is -0.305. The van der Waals surface area contributed by atoms with E-state index in [2.05, 4.69) is 0 Å². The summed E-state index contributed by atoms with van der Waals surface area (Å²) in [5, 5.41) is 9.97. The van der Waals surface area contributed by atoms with Crippen LogP contribution in [0, 0.1) is 0 Å². The molecule has 4 heteroatoms. The Balaban J connectivity index is 3.31. The Morgan fingerprint density at radius 3 is 2.00 bits per heavy atom. The smallest absolute Gasteiger partial charge is 0.198 e. The molecule has 0 fully saturated rings. The number of carbonyl (C=O) groups is 3. The van der Waals surface area contributed by atoms with Crippen LogP contribution in [0.15, 0.2) is 0 Å². The lowest BCUT2D eigenvalue weighted by atomic mass is 10.1. The normalized spacial score (nSPS) is 9.62. The lowest BCUT2D eigenvalue weighted by Gasteiger charge is -2.00. The molecule has 0 aliphatic carbocycles. The van der Waals surface area contributed by atoms with Crippen LogP contribution in [0.2, 0.25) is 0 Å². The van der Waals surface area contributed by atoms with Gasteiger partial charge in [0.2, 0.25) is 0 Å². The zero-order valence-electron chi connectivity index (χ0n) is 7.67. The molecule has 13 heavy (non-hydrogen) atoms. The van der Waals surface area contributed by atoms with Crippen LogP contribution < -0.4 is 5.11 Å². The largest absolute Gasteiger partial charge is 0.550 e. The molecule has 0 bridgehead atoms. The number of ketones is 2. The third kappa shape index (κ3) is 7.18. The maximum atomic E-state index is 10.8. The molecule has 0 saturated heterocycles. The summed E-state index contributed by atoms with van der Waals surface area (Å²) >= 11 is 0. The number of Topliss-reactive ketones (excluding diaryl/α,β-unsaturated/α-hetero) is 2. The standard InChI is InChI=1S/C9H14O4/c1-7(10)8(11)5-3-2-4-6-9(12)13/h2-6H2,1H3,(H,12,13)/p-1. The van der Waals surface area contributed by atoms with Crippen LogP contribution in [0.1, 0.15) is 39.0 Å². The summed E-state index contributed by atoms with van der Waals surface area (Å²) in [7, 11) is 0. The predicted molar refractivity (Wildman–Crippen MR) is 43.8 cm³/mol. The number of rotatable bonds is 7. The SMILES string of the molecule is CC(=O)C(=O)CCCCCC(=O)[O-]. The maximum Gasteiger partial charge on any atom is 0.198 e. The number of carboxylic acids is 1. The summed E-state index contributed by atoms with van der Waals surface area (Å²) in [5.41, 5.74) is 0. The van der Waals surface area contributed by atoms with Gasteiger partial charge in [-0.05, 0) is 19.3 Å². The van der Waals surface area contributed by atoms with Gasteiger partial charge in [0.1, 0.15) is 0 Å². The minimum Gasteiger partial charge on any atom is -0.550 e. The van der Waals surface area contributed by atoms with Gasteiger partial charge in [0, 0.05) is 19.3 Å². The van der Waals surface area contributed by atoms with Crippen LogP contribution in [0.4, 0.5) is 0 Å². The van der Waals surface area contributed by atoms with Crippen molar-refractivity contribution in [2.45, 2.75) is 39.0 Å². The second-order valence-corrected chi connectivity index (χ2v) is 2.91. The number of unbranched alkanes of at least 4 members (excludes halogenated alkanes) is 2. The summed E-state index contributed by atoms with van der Waals surface area (Å²) in [6.07, 6.45) is 1.98. The first-order valence-corrected chi connectivity index (χ1v) is 4.27. The zero-order valence-corrected chi connectivity index (χ0v) is 7.67. The fourth-order valence-electron chi connectivity index (χ4n) is 0.908.